The maximum atomic E-state index is 10.7. The molecule has 0 fully saturated rings. The summed E-state index contributed by atoms with van der Waals surface area (Å²) in [6.07, 6.45) is 2.55. The maximum Gasteiger partial charge on any atom is 0.329 e. The zero-order valence-electron chi connectivity index (χ0n) is 11.7. The monoisotopic (exact) mass is 334 g/mol. The molecular formula is C11H10N8O3S. The Hall–Kier alpha value is -3.15. The van der Waals surface area contributed by atoms with Crippen LogP contribution in [0.1, 0.15) is 5.76 Å². The number of nitrogen functional groups attached to an aromatic ring is 2. The van der Waals surface area contributed by atoms with Crippen LogP contribution in [0.3, 0.4) is 0 Å². The van der Waals surface area contributed by atoms with Crippen molar-refractivity contribution in [1.29, 1.82) is 0 Å². The average molecular weight is 334 g/mol. The van der Waals surface area contributed by atoms with Crippen LogP contribution in [-0.2, 0) is 0 Å². The highest BCUT2D eigenvalue weighted by molar-refractivity contribution is 7.99. The Bertz CT molecular complexity index is 889. The van der Waals surface area contributed by atoms with Gasteiger partial charge in [-0.2, -0.15) is 4.98 Å². The molecule has 4 N–H and O–H groups in total. The van der Waals surface area contributed by atoms with Crippen LogP contribution in [0, 0.1) is 17.0 Å². The van der Waals surface area contributed by atoms with Gasteiger partial charge < -0.3 is 16.0 Å². The fourth-order valence-corrected chi connectivity index (χ4v) is 2.47. The highest BCUT2D eigenvalue weighted by atomic mass is 32.2. The van der Waals surface area contributed by atoms with E-state index in [0.29, 0.717) is 22.3 Å². The second-order valence-corrected chi connectivity index (χ2v) is 5.28. The third kappa shape index (κ3) is 2.66. The van der Waals surface area contributed by atoms with Crippen LogP contribution in [0.2, 0.25) is 0 Å². The normalized spacial score (nSPS) is 10.8. The van der Waals surface area contributed by atoms with Crippen molar-refractivity contribution in [2.75, 3.05) is 11.6 Å². The van der Waals surface area contributed by atoms with Gasteiger partial charge in [0.1, 0.15) is 12.0 Å². The first kappa shape index (κ1) is 14.8. The minimum absolute atomic E-state index is 0.169. The molecule has 0 radical (unpaired) electrons. The molecule has 3 aromatic rings. The van der Waals surface area contributed by atoms with Gasteiger partial charge in [0, 0.05) is 0 Å². The summed E-state index contributed by atoms with van der Waals surface area (Å²) < 4.78 is 6.46. The SMILES string of the molecule is Cc1occc1-c1nnc(Sc2ncc([N+](=O)[O-])c(N)n2)n1N. The number of nitrogens with zero attached hydrogens (tertiary/aromatic N) is 6. The summed E-state index contributed by atoms with van der Waals surface area (Å²) in [7, 11) is 0. The zero-order valence-corrected chi connectivity index (χ0v) is 12.5. The van der Waals surface area contributed by atoms with E-state index in [1.54, 1.807) is 13.0 Å². The molecule has 0 amide bonds. The van der Waals surface area contributed by atoms with Crippen molar-refractivity contribution in [3.8, 4) is 11.4 Å². The molecule has 0 saturated carbocycles. The van der Waals surface area contributed by atoms with E-state index in [2.05, 4.69) is 20.2 Å². The fourth-order valence-electron chi connectivity index (χ4n) is 1.79. The van der Waals surface area contributed by atoms with Crippen LogP contribution in [0.5, 0.6) is 0 Å². The van der Waals surface area contributed by atoms with Crippen LogP contribution in [0.25, 0.3) is 11.4 Å². The topological polar surface area (TPSA) is 165 Å². The first-order valence-electron chi connectivity index (χ1n) is 6.17. The van der Waals surface area contributed by atoms with Crippen molar-refractivity contribution >= 4 is 23.3 Å². The highest BCUT2D eigenvalue weighted by Gasteiger charge is 2.19. The summed E-state index contributed by atoms with van der Waals surface area (Å²) in [4.78, 5) is 17.8. The van der Waals surface area contributed by atoms with Crippen LogP contribution in [0.15, 0.2) is 33.3 Å². The van der Waals surface area contributed by atoms with E-state index in [1.165, 1.54) is 10.9 Å². The van der Waals surface area contributed by atoms with E-state index in [4.69, 9.17) is 16.0 Å². The number of rotatable bonds is 4. The summed E-state index contributed by atoms with van der Waals surface area (Å²) in [5.41, 5.74) is 5.87. The molecule has 0 saturated heterocycles. The number of aromatic nitrogens is 5. The largest absolute Gasteiger partial charge is 0.469 e. The lowest BCUT2D eigenvalue weighted by Gasteiger charge is -2.02. The minimum Gasteiger partial charge on any atom is -0.469 e. The van der Waals surface area contributed by atoms with Crippen LogP contribution in [0.4, 0.5) is 11.5 Å². The number of furan rings is 1. The predicted molar refractivity (Wildman–Crippen MR) is 79.8 cm³/mol. The number of nitrogens with two attached hydrogens (primary N) is 2. The third-order valence-corrected chi connectivity index (χ3v) is 3.76. The predicted octanol–water partition coefficient (Wildman–Crippen LogP) is 0.992. The molecule has 23 heavy (non-hydrogen) atoms. The van der Waals surface area contributed by atoms with Gasteiger partial charge >= 0.3 is 5.69 Å². The molecule has 0 aliphatic heterocycles. The fraction of sp³-hybridized carbons (Fsp3) is 0.0909. The molecule has 3 aromatic heterocycles. The molecule has 0 bridgehead atoms. The second kappa shape index (κ2) is 5.57. The quantitative estimate of drug-likeness (QED) is 0.304. The van der Waals surface area contributed by atoms with E-state index in [1.807, 2.05) is 0 Å². The van der Waals surface area contributed by atoms with E-state index in [0.717, 1.165) is 18.0 Å². The molecule has 12 heteroatoms. The van der Waals surface area contributed by atoms with Gasteiger partial charge in [-0.25, -0.2) is 9.66 Å². The molecule has 3 heterocycles. The lowest BCUT2D eigenvalue weighted by Crippen LogP contribution is -2.12. The number of hydrogen-bond acceptors (Lipinski definition) is 10. The van der Waals surface area contributed by atoms with E-state index < -0.39 is 4.92 Å². The molecule has 0 aliphatic carbocycles. The Morgan fingerprint density at radius 1 is 1.43 bits per heavy atom. The molecule has 0 atom stereocenters. The van der Waals surface area contributed by atoms with Gasteiger partial charge in [-0.3, -0.25) is 10.1 Å². The van der Waals surface area contributed by atoms with E-state index in [-0.39, 0.29) is 16.7 Å². The number of aryl methyl sites for hydroxylation is 1. The summed E-state index contributed by atoms with van der Waals surface area (Å²) in [6, 6.07) is 1.72. The van der Waals surface area contributed by atoms with Gasteiger partial charge in [-0.1, -0.05) is 0 Å². The second-order valence-electron chi connectivity index (χ2n) is 4.35. The molecule has 0 aliphatic rings. The Morgan fingerprint density at radius 3 is 2.83 bits per heavy atom. The van der Waals surface area contributed by atoms with Gasteiger partial charge in [0.25, 0.3) is 0 Å². The van der Waals surface area contributed by atoms with Crippen molar-refractivity contribution in [2.24, 2.45) is 0 Å². The number of hydrogen-bond donors (Lipinski definition) is 2. The molecule has 3 rings (SSSR count). The summed E-state index contributed by atoms with van der Waals surface area (Å²) in [6.45, 7) is 1.77. The molecule has 118 valence electrons. The van der Waals surface area contributed by atoms with Crippen LogP contribution >= 0.6 is 11.8 Å². The van der Waals surface area contributed by atoms with Gasteiger partial charge in [-0.05, 0) is 24.8 Å². The smallest absolute Gasteiger partial charge is 0.329 e. The lowest BCUT2D eigenvalue weighted by atomic mass is 10.2. The summed E-state index contributed by atoms with van der Waals surface area (Å²) in [5, 5.41) is 19.1. The molecule has 11 nitrogen and oxygen atoms in total. The summed E-state index contributed by atoms with van der Waals surface area (Å²) >= 11 is 0.982. The van der Waals surface area contributed by atoms with Crippen LogP contribution < -0.4 is 11.6 Å². The van der Waals surface area contributed by atoms with E-state index >= 15 is 0 Å². The standard InChI is InChI=1S/C11H10N8O3S/c1-5-6(2-3-22-5)9-16-17-11(18(9)13)23-10-14-4-7(19(20)21)8(12)15-10/h2-4H,13H2,1H3,(H2,12,14,15). The van der Waals surface area contributed by atoms with Crippen molar-refractivity contribution < 1.29 is 9.34 Å². The van der Waals surface area contributed by atoms with Gasteiger partial charge in [-0.15, -0.1) is 10.2 Å². The molecular weight excluding hydrogens is 324 g/mol. The number of nitro groups is 1. The van der Waals surface area contributed by atoms with E-state index in [9.17, 15) is 10.1 Å². The van der Waals surface area contributed by atoms with Crippen LogP contribution in [-0.4, -0.2) is 29.8 Å². The minimum atomic E-state index is -0.658. The Morgan fingerprint density at radius 2 is 2.22 bits per heavy atom. The number of anilines is 1. The maximum absolute atomic E-state index is 10.7. The molecule has 0 unspecified atom stereocenters. The third-order valence-electron chi connectivity index (χ3n) is 2.92. The Balaban J connectivity index is 1.90. The first-order chi connectivity index (χ1) is 11.0. The van der Waals surface area contributed by atoms with Crippen molar-refractivity contribution in [2.45, 2.75) is 17.2 Å². The van der Waals surface area contributed by atoms with Gasteiger partial charge in [0.15, 0.2) is 11.0 Å². The molecule has 0 spiro atoms. The lowest BCUT2D eigenvalue weighted by molar-refractivity contribution is -0.384. The molecule has 0 aromatic carbocycles. The first-order valence-corrected chi connectivity index (χ1v) is 6.98. The van der Waals surface area contributed by atoms with Gasteiger partial charge in [0.05, 0.1) is 16.7 Å². The van der Waals surface area contributed by atoms with Crippen molar-refractivity contribution in [1.82, 2.24) is 24.8 Å². The highest BCUT2D eigenvalue weighted by Crippen LogP contribution is 2.29. The Kier molecular flexibility index (Phi) is 3.57. The summed E-state index contributed by atoms with van der Waals surface area (Å²) in [5.74, 6) is 6.79. The van der Waals surface area contributed by atoms with Gasteiger partial charge in [0.2, 0.25) is 11.0 Å². The van der Waals surface area contributed by atoms with Crippen molar-refractivity contribution in [3.05, 3.63) is 34.4 Å². The zero-order chi connectivity index (χ0) is 16.6. The average Bonchev–Trinajstić information content (AvgIpc) is 3.06. The Labute approximate surface area is 132 Å². The van der Waals surface area contributed by atoms with Crippen molar-refractivity contribution in [3.63, 3.8) is 0 Å².